The molecule has 7 nitrogen and oxygen atoms in total. The average molecular weight is 395 g/mol. The van der Waals surface area contributed by atoms with Crippen LogP contribution >= 0.6 is 7.52 Å². The fraction of sp³-hybridized carbons (Fsp3) is 0.235. The number of rotatable bonds is 7. The van der Waals surface area contributed by atoms with Crippen LogP contribution in [0.1, 0.15) is 11.1 Å². The Morgan fingerprint density at radius 1 is 1.08 bits per heavy atom. The Bertz CT molecular complexity index is 926. The molecule has 0 amide bonds. The molecule has 0 spiro atoms. The number of benzene rings is 2. The van der Waals surface area contributed by atoms with Gasteiger partial charge in [-0.25, -0.2) is 4.67 Å². The van der Waals surface area contributed by atoms with Crippen molar-refractivity contribution in [2.24, 2.45) is 5.10 Å². The smallest absolute Gasteiger partial charge is 0.316 e. The predicted molar refractivity (Wildman–Crippen MR) is 103 cm³/mol. The van der Waals surface area contributed by atoms with Crippen molar-refractivity contribution in [2.75, 3.05) is 21.2 Å². The molecule has 0 bridgehead atoms. The summed E-state index contributed by atoms with van der Waals surface area (Å²) in [5, 5.41) is 3.98. The van der Waals surface area contributed by atoms with Crippen molar-refractivity contribution in [1.29, 1.82) is 0 Å². The van der Waals surface area contributed by atoms with E-state index in [4.69, 9.17) is 4.52 Å². The molecule has 0 aliphatic carbocycles. The lowest BCUT2D eigenvalue weighted by molar-refractivity contribution is 0.359. The van der Waals surface area contributed by atoms with Gasteiger partial charge in [-0.1, -0.05) is 48.0 Å². The van der Waals surface area contributed by atoms with Crippen molar-refractivity contribution in [3.8, 4) is 0 Å². The van der Waals surface area contributed by atoms with Crippen molar-refractivity contribution in [1.82, 2.24) is 9.50 Å². The maximum Gasteiger partial charge on any atom is 0.322 e. The van der Waals surface area contributed by atoms with E-state index in [0.717, 1.165) is 5.56 Å². The van der Waals surface area contributed by atoms with Gasteiger partial charge in [-0.3, -0.25) is 4.57 Å². The Morgan fingerprint density at radius 3 is 2.15 bits per heavy atom. The molecule has 1 unspecified atom stereocenters. The Balaban J connectivity index is 2.49. The molecule has 2 aromatic carbocycles. The van der Waals surface area contributed by atoms with E-state index in [0.29, 0.717) is 5.56 Å². The van der Waals surface area contributed by atoms with E-state index >= 15 is 0 Å². The van der Waals surface area contributed by atoms with Crippen LogP contribution in [0.15, 0.2) is 64.6 Å². The van der Waals surface area contributed by atoms with E-state index < -0.39 is 17.5 Å². The van der Waals surface area contributed by atoms with Crippen molar-refractivity contribution in [3.63, 3.8) is 0 Å². The molecular formula is C17H22N3O4PS. The third-order valence-electron chi connectivity index (χ3n) is 3.68. The lowest BCUT2D eigenvalue weighted by Crippen LogP contribution is -2.24. The van der Waals surface area contributed by atoms with Gasteiger partial charge in [0, 0.05) is 12.7 Å². The first-order valence-corrected chi connectivity index (χ1v) is 10.8. The molecule has 1 atom stereocenters. The molecule has 0 aliphatic heterocycles. The second kappa shape index (κ2) is 8.14. The number of hydrogen-bond donors (Lipinski definition) is 1. The van der Waals surface area contributed by atoms with E-state index in [1.54, 1.807) is 56.6 Å². The zero-order chi connectivity index (χ0) is 19.4. The van der Waals surface area contributed by atoms with E-state index in [-0.39, 0.29) is 10.3 Å². The quantitative estimate of drug-likeness (QED) is 0.442. The molecule has 26 heavy (non-hydrogen) atoms. The highest BCUT2D eigenvalue weighted by Crippen LogP contribution is 2.51. The Labute approximate surface area is 154 Å². The van der Waals surface area contributed by atoms with Gasteiger partial charge in [0.05, 0.1) is 4.90 Å². The van der Waals surface area contributed by atoms with Crippen LogP contribution in [0.5, 0.6) is 0 Å². The largest absolute Gasteiger partial charge is 0.322 e. The maximum atomic E-state index is 13.2. The number of hydrazone groups is 1. The molecule has 2 rings (SSSR count). The molecule has 0 saturated carbocycles. The van der Waals surface area contributed by atoms with Gasteiger partial charge in [0.2, 0.25) is 0 Å². The van der Waals surface area contributed by atoms with Gasteiger partial charge in [-0.15, -0.1) is 0 Å². The summed E-state index contributed by atoms with van der Waals surface area (Å²) in [5.74, 6) is 0. The number of aryl methyl sites for hydroxylation is 1. The zero-order valence-corrected chi connectivity index (χ0v) is 16.8. The molecule has 9 heteroatoms. The molecule has 1 N–H and O–H groups in total. The lowest BCUT2D eigenvalue weighted by Gasteiger charge is -2.24. The fourth-order valence-corrected chi connectivity index (χ4v) is 4.60. The standard InChI is InChI=1S/C17H22N3O4PS/c1-14-10-12-16(13-11-14)26(22,23)19-18-17(15-8-6-5-7-9-15)25(21,24-4)20(2)3/h5-13,19H,1-4H3/b18-17+. The summed E-state index contributed by atoms with van der Waals surface area (Å²) in [6.07, 6.45) is 0. The summed E-state index contributed by atoms with van der Waals surface area (Å²) in [5.41, 5.74) is 1.45. The fourth-order valence-electron chi connectivity index (χ4n) is 2.19. The van der Waals surface area contributed by atoms with Crippen LogP contribution < -0.4 is 4.83 Å². The first-order valence-electron chi connectivity index (χ1n) is 7.76. The van der Waals surface area contributed by atoms with Crippen molar-refractivity contribution in [2.45, 2.75) is 11.8 Å². The highest BCUT2D eigenvalue weighted by atomic mass is 32.2. The number of hydrogen-bond acceptors (Lipinski definition) is 5. The summed E-state index contributed by atoms with van der Waals surface area (Å²) in [6, 6.07) is 15.0. The lowest BCUT2D eigenvalue weighted by atomic mass is 10.2. The van der Waals surface area contributed by atoms with Gasteiger partial charge < -0.3 is 4.52 Å². The molecule has 0 saturated heterocycles. The van der Waals surface area contributed by atoms with Crippen LogP contribution in [0.3, 0.4) is 0 Å². The van der Waals surface area contributed by atoms with Crippen molar-refractivity contribution in [3.05, 3.63) is 65.7 Å². The number of sulfonamides is 1. The molecule has 2 aromatic rings. The highest BCUT2D eigenvalue weighted by Gasteiger charge is 2.34. The molecule has 140 valence electrons. The van der Waals surface area contributed by atoms with Gasteiger partial charge in [-0.05, 0) is 33.2 Å². The minimum atomic E-state index is -3.91. The van der Waals surface area contributed by atoms with Crippen LogP contribution in [0.4, 0.5) is 0 Å². The molecule has 0 fully saturated rings. The molecule has 0 heterocycles. The van der Waals surface area contributed by atoms with Gasteiger partial charge in [0.1, 0.15) is 0 Å². The van der Waals surface area contributed by atoms with Gasteiger partial charge in [-0.2, -0.15) is 18.4 Å². The normalized spacial score (nSPS) is 14.9. The summed E-state index contributed by atoms with van der Waals surface area (Å²) in [7, 11) is -2.98. The van der Waals surface area contributed by atoms with Gasteiger partial charge in [0.15, 0.2) is 5.45 Å². The summed E-state index contributed by atoms with van der Waals surface area (Å²) >= 11 is 0. The van der Waals surface area contributed by atoms with E-state index in [9.17, 15) is 13.0 Å². The minimum absolute atomic E-state index is 0.0151. The topological polar surface area (TPSA) is 88.1 Å². The first-order chi connectivity index (χ1) is 12.2. The van der Waals surface area contributed by atoms with Gasteiger partial charge in [0.25, 0.3) is 10.0 Å². The van der Waals surface area contributed by atoms with Crippen molar-refractivity contribution >= 4 is 23.0 Å². The second-order valence-electron chi connectivity index (χ2n) is 5.76. The van der Waals surface area contributed by atoms with E-state index in [1.165, 1.54) is 23.9 Å². The second-order valence-corrected chi connectivity index (χ2v) is 10.0. The third-order valence-corrected chi connectivity index (χ3v) is 7.34. The Kier molecular flexibility index (Phi) is 6.36. The van der Waals surface area contributed by atoms with E-state index in [2.05, 4.69) is 9.93 Å². The van der Waals surface area contributed by atoms with Crippen LogP contribution in [-0.2, 0) is 19.1 Å². The summed E-state index contributed by atoms with van der Waals surface area (Å²) in [6.45, 7) is 1.86. The monoisotopic (exact) mass is 395 g/mol. The molecule has 0 radical (unpaired) electrons. The van der Waals surface area contributed by atoms with E-state index in [1.807, 2.05) is 6.92 Å². The van der Waals surface area contributed by atoms with Crippen molar-refractivity contribution < 1.29 is 17.5 Å². The SMILES string of the molecule is COP(=O)(/C(=N/NS(=O)(=O)c1ccc(C)cc1)c1ccccc1)N(C)C. The van der Waals surface area contributed by atoms with Gasteiger partial charge >= 0.3 is 7.52 Å². The predicted octanol–water partition coefficient (Wildman–Crippen LogP) is 3.04. The third kappa shape index (κ3) is 4.40. The first kappa shape index (κ1) is 20.3. The average Bonchev–Trinajstić information content (AvgIpc) is 2.62. The Morgan fingerprint density at radius 2 is 1.65 bits per heavy atom. The number of nitrogens with one attached hydrogen (secondary N) is 1. The van der Waals surface area contributed by atoms with Crippen LogP contribution in [0, 0.1) is 6.92 Å². The summed E-state index contributed by atoms with van der Waals surface area (Å²) in [4.78, 5) is 2.24. The molecule has 0 aromatic heterocycles. The highest BCUT2D eigenvalue weighted by molar-refractivity contribution is 7.89. The summed E-state index contributed by atoms with van der Waals surface area (Å²) < 4.78 is 44.8. The minimum Gasteiger partial charge on any atom is -0.316 e. The zero-order valence-electron chi connectivity index (χ0n) is 15.1. The number of nitrogens with zero attached hydrogens (tertiary/aromatic N) is 2. The maximum absolute atomic E-state index is 13.2. The van der Waals surface area contributed by atoms with Crippen LogP contribution in [0.25, 0.3) is 0 Å². The van der Waals surface area contributed by atoms with Crippen LogP contribution in [0.2, 0.25) is 0 Å². The Hall–Kier alpha value is -1.99. The molecular weight excluding hydrogens is 373 g/mol. The molecule has 0 aliphatic rings. The van der Waals surface area contributed by atoms with Crippen LogP contribution in [-0.4, -0.2) is 39.7 Å².